The Kier molecular flexibility index (Phi) is 17.3. The zero-order valence-electron chi connectivity index (χ0n) is 29.6. The molecular formula is C41H68O5. The van der Waals surface area contributed by atoms with Crippen molar-refractivity contribution in [3.05, 3.63) is 23.5 Å². The molecule has 5 heteroatoms. The molecule has 1 aliphatic heterocycles. The molecule has 4 aliphatic rings. The van der Waals surface area contributed by atoms with Crippen LogP contribution < -0.4 is 0 Å². The first-order chi connectivity index (χ1) is 22.5. The number of hydrogen-bond acceptors (Lipinski definition) is 5. The fraction of sp³-hybridized carbons (Fsp3) is 0.854. The fourth-order valence-corrected chi connectivity index (χ4v) is 8.69. The lowest BCUT2D eigenvalue weighted by molar-refractivity contribution is -0.142. The molecule has 0 aromatic heterocycles. The molecule has 5 nitrogen and oxygen atoms in total. The Hall–Kier alpha value is -1.62. The van der Waals surface area contributed by atoms with Gasteiger partial charge in [-0.2, -0.15) is 0 Å². The predicted molar refractivity (Wildman–Crippen MR) is 187 cm³/mol. The molecule has 1 saturated heterocycles. The zero-order chi connectivity index (χ0) is 32.4. The lowest BCUT2D eigenvalue weighted by atomic mass is 9.67. The second-order valence-corrected chi connectivity index (χ2v) is 15.4. The summed E-state index contributed by atoms with van der Waals surface area (Å²) in [6, 6.07) is 0. The summed E-state index contributed by atoms with van der Waals surface area (Å²) < 4.78 is 18.2. The number of rotatable bonds is 9. The minimum Gasteiger partial charge on any atom is -0.459 e. The second kappa shape index (κ2) is 21.4. The molecule has 4 fully saturated rings. The van der Waals surface area contributed by atoms with Gasteiger partial charge in [-0.25, -0.2) is 9.59 Å². The number of ether oxygens (including phenoxy) is 3. The number of carbonyl (C=O) groups is 2. The van der Waals surface area contributed by atoms with E-state index in [1.807, 2.05) is 0 Å². The summed E-state index contributed by atoms with van der Waals surface area (Å²) in [6.45, 7) is 6.64. The quantitative estimate of drug-likeness (QED) is 0.109. The van der Waals surface area contributed by atoms with Gasteiger partial charge in [-0.05, 0) is 57.3 Å². The van der Waals surface area contributed by atoms with E-state index in [0.29, 0.717) is 29.8 Å². The van der Waals surface area contributed by atoms with Crippen LogP contribution in [0.4, 0.5) is 0 Å². The van der Waals surface area contributed by atoms with Gasteiger partial charge in [0.1, 0.15) is 18.5 Å². The zero-order valence-corrected chi connectivity index (χ0v) is 29.6. The first kappa shape index (κ1) is 37.2. The van der Waals surface area contributed by atoms with Crippen molar-refractivity contribution in [3.8, 4) is 0 Å². The summed E-state index contributed by atoms with van der Waals surface area (Å²) in [5.74, 6) is 0.967. The highest BCUT2D eigenvalue weighted by Gasteiger charge is 2.41. The molecule has 1 heterocycles. The largest absolute Gasteiger partial charge is 0.459 e. The molecule has 1 unspecified atom stereocenters. The predicted octanol–water partition coefficient (Wildman–Crippen LogP) is 11.3. The van der Waals surface area contributed by atoms with E-state index >= 15 is 0 Å². The molecule has 0 bridgehead atoms. The van der Waals surface area contributed by atoms with E-state index < -0.39 is 5.97 Å². The van der Waals surface area contributed by atoms with Crippen molar-refractivity contribution in [2.75, 3.05) is 13.2 Å². The molecule has 0 N–H and O–H groups in total. The van der Waals surface area contributed by atoms with Crippen molar-refractivity contribution in [3.63, 3.8) is 0 Å². The third kappa shape index (κ3) is 13.1. The van der Waals surface area contributed by atoms with Gasteiger partial charge < -0.3 is 14.2 Å². The maximum Gasteiger partial charge on any atom is 0.338 e. The molecule has 3 saturated carbocycles. The van der Waals surface area contributed by atoms with E-state index in [0.717, 1.165) is 56.9 Å². The minimum atomic E-state index is -0.390. The Morgan fingerprint density at radius 1 is 0.609 bits per heavy atom. The summed E-state index contributed by atoms with van der Waals surface area (Å²) in [4.78, 5) is 28.2. The van der Waals surface area contributed by atoms with E-state index in [1.54, 1.807) is 6.92 Å². The molecule has 0 aromatic rings. The average molecular weight is 641 g/mol. The van der Waals surface area contributed by atoms with Crippen molar-refractivity contribution >= 4 is 11.9 Å². The number of hydrogen-bond donors (Lipinski definition) is 0. The number of esters is 2. The van der Waals surface area contributed by atoms with E-state index in [9.17, 15) is 9.59 Å². The number of carbonyl (C=O) groups excluding carboxylic acids is 2. The Morgan fingerprint density at radius 3 is 1.35 bits per heavy atom. The van der Waals surface area contributed by atoms with Crippen LogP contribution in [0.5, 0.6) is 0 Å². The van der Waals surface area contributed by atoms with Crippen LogP contribution in [-0.4, -0.2) is 31.3 Å². The maximum absolute atomic E-state index is 14.7. The Labute approximate surface area is 282 Å². The van der Waals surface area contributed by atoms with Gasteiger partial charge in [0.05, 0.1) is 12.2 Å². The van der Waals surface area contributed by atoms with Crippen LogP contribution in [0, 0.1) is 23.7 Å². The minimum absolute atomic E-state index is 0.000959. The highest BCUT2D eigenvalue weighted by Crippen LogP contribution is 2.45. The Morgan fingerprint density at radius 2 is 0.978 bits per heavy atom. The van der Waals surface area contributed by atoms with Crippen LogP contribution in [-0.2, 0) is 23.8 Å². The normalized spacial score (nSPS) is 25.1. The van der Waals surface area contributed by atoms with Crippen molar-refractivity contribution < 1.29 is 23.8 Å². The lowest BCUT2D eigenvalue weighted by Crippen LogP contribution is -2.34. The van der Waals surface area contributed by atoms with Crippen LogP contribution in [0.2, 0.25) is 0 Å². The molecule has 4 rings (SSSR count). The third-order valence-corrected chi connectivity index (χ3v) is 11.5. The van der Waals surface area contributed by atoms with Crippen LogP contribution in [0.3, 0.4) is 0 Å². The van der Waals surface area contributed by atoms with Gasteiger partial charge in [0.2, 0.25) is 0 Å². The second-order valence-electron chi connectivity index (χ2n) is 15.4. The molecule has 0 amide bonds. The van der Waals surface area contributed by atoms with Gasteiger partial charge in [-0.3, -0.25) is 0 Å². The standard InChI is InChI=1S/C41H68O5/c1-32(2)40(42)46-39(35-28-22-16-10-5-11-17-23-29-35)38(41(43)45-31-36-30-44-36)37(33-24-18-12-6-3-7-13-19-25-33)34-26-20-14-8-4-9-15-21-27-34/h33-37H,1,3-31H2,2H3/b39-38+. The van der Waals surface area contributed by atoms with Crippen LogP contribution in [0.15, 0.2) is 23.5 Å². The lowest BCUT2D eigenvalue weighted by Gasteiger charge is -2.38. The maximum atomic E-state index is 14.7. The van der Waals surface area contributed by atoms with Gasteiger partial charge >= 0.3 is 11.9 Å². The van der Waals surface area contributed by atoms with Gasteiger partial charge in [0.15, 0.2) is 0 Å². The van der Waals surface area contributed by atoms with Crippen molar-refractivity contribution in [2.24, 2.45) is 23.7 Å². The highest BCUT2D eigenvalue weighted by molar-refractivity contribution is 5.92. The summed E-state index contributed by atoms with van der Waals surface area (Å²) in [6.07, 6.45) is 32.9. The molecular weight excluding hydrogens is 572 g/mol. The number of allylic oxidation sites excluding steroid dienone is 1. The van der Waals surface area contributed by atoms with Gasteiger partial charge in [0.25, 0.3) is 0 Å². The Bertz CT molecular complexity index is 892. The monoisotopic (exact) mass is 641 g/mol. The molecule has 262 valence electrons. The third-order valence-electron chi connectivity index (χ3n) is 11.5. The number of epoxide rings is 1. The summed E-state index contributed by atoms with van der Waals surface area (Å²) in [7, 11) is 0. The SMILES string of the molecule is C=C(C)C(=O)O/C(=C(/C(=O)OCC1CO1)C(C1CCCCCCCCC1)C1CCCCCCCCC1)C1CCCCCCCCC1. The van der Waals surface area contributed by atoms with Crippen molar-refractivity contribution in [2.45, 2.75) is 186 Å². The first-order valence-electron chi connectivity index (χ1n) is 19.9. The smallest absolute Gasteiger partial charge is 0.338 e. The van der Waals surface area contributed by atoms with Gasteiger partial charge in [-0.15, -0.1) is 0 Å². The van der Waals surface area contributed by atoms with E-state index in [1.165, 1.54) is 122 Å². The van der Waals surface area contributed by atoms with Crippen LogP contribution >= 0.6 is 0 Å². The molecule has 3 aliphatic carbocycles. The average Bonchev–Trinajstić information content (AvgIpc) is 3.90. The van der Waals surface area contributed by atoms with Crippen LogP contribution in [0.25, 0.3) is 0 Å². The molecule has 0 spiro atoms. The van der Waals surface area contributed by atoms with E-state index in [-0.39, 0.29) is 30.5 Å². The molecule has 46 heavy (non-hydrogen) atoms. The fourth-order valence-electron chi connectivity index (χ4n) is 8.69. The molecule has 1 atom stereocenters. The van der Waals surface area contributed by atoms with E-state index in [4.69, 9.17) is 14.2 Å². The highest BCUT2D eigenvalue weighted by atomic mass is 16.6. The molecule has 0 radical (unpaired) electrons. The van der Waals surface area contributed by atoms with Crippen LogP contribution in [0.1, 0.15) is 180 Å². The van der Waals surface area contributed by atoms with E-state index in [2.05, 4.69) is 6.58 Å². The van der Waals surface area contributed by atoms with Gasteiger partial charge in [-0.1, -0.05) is 141 Å². The topological polar surface area (TPSA) is 65.1 Å². The first-order valence-corrected chi connectivity index (χ1v) is 19.9. The molecule has 0 aromatic carbocycles. The van der Waals surface area contributed by atoms with Gasteiger partial charge in [0, 0.05) is 17.4 Å². The summed E-state index contributed by atoms with van der Waals surface area (Å²) >= 11 is 0. The Balaban J connectivity index is 1.84. The van der Waals surface area contributed by atoms with Crippen molar-refractivity contribution in [1.29, 1.82) is 0 Å². The summed E-state index contributed by atoms with van der Waals surface area (Å²) in [5.41, 5.74) is 1.13. The van der Waals surface area contributed by atoms with Crippen molar-refractivity contribution in [1.82, 2.24) is 0 Å². The summed E-state index contributed by atoms with van der Waals surface area (Å²) in [5, 5.41) is 0.